The molecule has 0 atom stereocenters. The van der Waals surface area contributed by atoms with Crippen molar-refractivity contribution in [1.29, 1.82) is 0 Å². The quantitative estimate of drug-likeness (QED) is 0.511. The first kappa shape index (κ1) is 8.05. The molecular weight excluding hydrogens is 192 g/mol. The van der Waals surface area contributed by atoms with Crippen LogP contribution in [0.15, 0.2) is 24.4 Å². The Morgan fingerprint density at radius 3 is 3.00 bits per heavy atom. The Morgan fingerprint density at radius 1 is 1.27 bits per heavy atom. The molecule has 2 heterocycles. The molecule has 0 fully saturated rings. The van der Waals surface area contributed by atoms with Gasteiger partial charge in [-0.2, -0.15) is 5.10 Å². The van der Waals surface area contributed by atoms with Crippen LogP contribution < -0.4 is 5.73 Å². The number of aromatic nitrogens is 3. The van der Waals surface area contributed by atoms with Gasteiger partial charge in [0.15, 0.2) is 5.82 Å². The number of pyridine rings is 1. The van der Waals surface area contributed by atoms with E-state index >= 15 is 0 Å². The second-order valence-corrected chi connectivity index (χ2v) is 3.35. The monoisotopic (exact) mass is 200 g/mol. The summed E-state index contributed by atoms with van der Waals surface area (Å²) in [7, 11) is 0. The molecule has 15 heavy (non-hydrogen) atoms. The lowest BCUT2D eigenvalue weighted by Crippen LogP contribution is -1.92. The van der Waals surface area contributed by atoms with E-state index in [2.05, 4.69) is 15.2 Å². The number of phenolic OH excluding ortho intramolecular Hbond substituents is 1. The minimum atomic E-state index is 0.205. The van der Waals surface area contributed by atoms with Crippen LogP contribution >= 0.6 is 0 Å². The van der Waals surface area contributed by atoms with E-state index in [0.29, 0.717) is 11.3 Å². The van der Waals surface area contributed by atoms with Crippen molar-refractivity contribution in [3.05, 3.63) is 24.4 Å². The largest absolute Gasteiger partial charge is 0.508 e. The molecule has 0 aliphatic carbocycles. The zero-order valence-corrected chi connectivity index (χ0v) is 7.73. The lowest BCUT2D eigenvalue weighted by atomic mass is 10.1. The Bertz CT molecular complexity index is 659. The van der Waals surface area contributed by atoms with E-state index in [0.717, 1.165) is 16.3 Å². The van der Waals surface area contributed by atoms with Crippen molar-refractivity contribution in [2.45, 2.75) is 0 Å². The molecule has 3 rings (SSSR count). The van der Waals surface area contributed by atoms with Crippen molar-refractivity contribution in [3.8, 4) is 5.75 Å². The lowest BCUT2D eigenvalue weighted by molar-refractivity contribution is 0.476. The molecule has 0 spiro atoms. The SMILES string of the molecule is Nc1nc2ccc(O)cc2c2c[nH]nc12. The molecule has 4 N–H and O–H groups in total. The van der Waals surface area contributed by atoms with Gasteiger partial charge in [0, 0.05) is 17.0 Å². The highest BCUT2D eigenvalue weighted by Crippen LogP contribution is 2.28. The number of nitrogens with one attached hydrogen (secondary N) is 1. The molecule has 3 aromatic rings. The number of anilines is 1. The highest BCUT2D eigenvalue weighted by Gasteiger charge is 2.08. The number of benzene rings is 1. The van der Waals surface area contributed by atoms with Gasteiger partial charge in [0.1, 0.15) is 11.3 Å². The molecule has 0 aliphatic heterocycles. The minimum Gasteiger partial charge on any atom is -0.508 e. The normalized spacial score (nSPS) is 11.2. The summed E-state index contributed by atoms with van der Waals surface area (Å²) in [5, 5.41) is 17.9. The first-order valence-electron chi connectivity index (χ1n) is 4.47. The Morgan fingerprint density at radius 2 is 2.13 bits per heavy atom. The number of hydrogen-bond acceptors (Lipinski definition) is 4. The molecule has 74 valence electrons. The van der Waals surface area contributed by atoms with Crippen LogP contribution in [-0.4, -0.2) is 20.3 Å². The van der Waals surface area contributed by atoms with Crippen molar-refractivity contribution < 1.29 is 5.11 Å². The summed E-state index contributed by atoms with van der Waals surface area (Å²) >= 11 is 0. The average molecular weight is 200 g/mol. The standard InChI is InChI=1S/C10H8N4O/c11-10-9-7(4-12-14-9)6-3-5(15)1-2-8(6)13-10/h1-4,15H,(H2,11,13)(H,12,14). The van der Waals surface area contributed by atoms with Crippen molar-refractivity contribution in [3.63, 3.8) is 0 Å². The number of nitrogens with zero attached hydrogens (tertiary/aromatic N) is 2. The number of aromatic hydroxyl groups is 1. The predicted molar refractivity (Wildman–Crippen MR) is 57.5 cm³/mol. The van der Waals surface area contributed by atoms with Crippen LogP contribution in [0.4, 0.5) is 5.82 Å². The zero-order valence-electron chi connectivity index (χ0n) is 7.73. The van der Waals surface area contributed by atoms with E-state index in [1.165, 1.54) is 0 Å². The molecule has 1 aromatic carbocycles. The average Bonchev–Trinajstić information content (AvgIpc) is 2.69. The summed E-state index contributed by atoms with van der Waals surface area (Å²) in [6.07, 6.45) is 1.75. The number of fused-ring (bicyclic) bond motifs is 3. The van der Waals surface area contributed by atoms with Crippen LogP contribution in [0.5, 0.6) is 5.75 Å². The van der Waals surface area contributed by atoms with Gasteiger partial charge in [0.2, 0.25) is 0 Å². The van der Waals surface area contributed by atoms with E-state index in [9.17, 15) is 5.11 Å². The number of phenols is 1. The summed E-state index contributed by atoms with van der Waals surface area (Å²) < 4.78 is 0. The van der Waals surface area contributed by atoms with Gasteiger partial charge in [-0.05, 0) is 18.2 Å². The lowest BCUT2D eigenvalue weighted by Gasteiger charge is -2.01. The van der Waals surface area contributed by atoms with Gasteiger partial charge in [-0.1, -0.05) is 0 Å². The van der Waals surface area contributed by atoms with Crippen LogP contribution in [0.1, 0.15) is 0 Å². The van der Waals surface area contributed by atoms with E-state index < -0.39 is 0 Å². The van der Waals surface area contributed by atoms with Crippen molar-refractivity contribution in [1.82, 2.24) is 15.2 Å². The summed E-state index contributed by atoms with van der Waals surface area (Å²) in [4.78, 5) is 4.20. The highest BCUT2D eigenvalue weighted by molar-refractivity contribution is 6.08. The summed E-state index contributed by atoms with van der Waals surface area (Å²) in [6, 6.07) is 4.97. The highest BCUT2D eigenvalue weighted by atomic mass is 16.3. The van der Waals surface area contributed by atoms with Crippen molar-refractivity contribution >= 4 is 27.6 Å². The second kappa shape index (κ2) is 2.60. The van der Waals surface area contributed by atoms with Crippen LogP contribution in [0.3, 0.4) is 0 Å². The maximum absolute atomic E-state index is 9.41. The van der Waals surface area contributed by atoms with E-state index in [-0.39, 0.29) is 5.75 Å². The van der Waals surface area contributed by atoms with Gasteiger partial charge in [-0.15, -0.1) is 0 Å². The van der Waals surface area contributed by atoms with E-state index in [1.807, 2.05) is 0 Å². The third-order valence-corrected chi connectivity index (χ3v) is 2.39. The first-order valence-corrected chi connectivity index (χ1v) is 4.47. The topological polar surface area (TPSA) is 87.8 Å². The minimum absolute atomic E-state index is 0.205. The van der Waals surface area contributed by atoms with Gasteiger partial charge in [-0.25, -0.2) is 4.98 Å². The number of rotatable bonds is 0. The molecule has 0 unspecified atom stereocenters. The van der Waals surface area contributed by atoms with Crippen LogP contribution in [0.2, 0.25) is 0 Å². The Kier molecular flexibility index (Phi) is 1.39. The van der Waals surface area contributed by atoms with E-state index in [1.54, 1.807) is 24.4 Å². The number of H-pyrrole nitrogens is 1. The third-order valence-electron chi connectivity index (χ3n) is 2.39. The van der Waals surface area contributed by atoms with Crippen molar-refractivity contribution in [2.75, 3.05) is 5.73 Å². The van der Waals surface area contributed by atoms with Gasteiger partial charge >= 0.3 is 0 Å². The Labute approximate surface area is 84.5 Å². The second-order valence-electron chi connectivity index (χ2n) is 3.35. The molecule has 0 radical (unpaired) electrons. The molecule has 5 heteroatoms. The van der Waals surface area contributed by atoms with Crippen LogP contribution in [0.25, 0.3) is 21.8 Å². The van der Waals surface area contributed by atoms with Gasteiger partial charge in [0.25, 0.3) is 0 Å². The van der Waals surface area contributed by atoms with Crippen LogP contribution in [-0.2, 0) is 0 Å². The number of nitrogens with two attached hydrogens (primary N) is 1. The molecule has 0 saturated carbocycles. The van der Waals surface area contributed by atoms with Gasteiger partial charge in [-0.3, -0.25) is 5.10 Å². The third kappa shape index (κ3) is 1.03. The molecule has 0 saturated heterocycles. The van der Waals surface area contributed by atoms with Gasteiger partial charge < -0.3 is 10.8 Å². The number of nitrogen functional groups attached to an aromatic ring is 1. The van der Waals surface area contributed by atoms with Crippen molar-refractivity contribution in [2.24, 2.45) is 0 Å². The summed E-state index contributed by atoms with van der Waals surface area (Å²) in [5.74, 6) is 0.598. The Balaban J connectivity index is 2.61. The fraction of sp³-hybridized carbons (Fsp3) is 0. The maximum Gasteiger partial charge on any atom is 0.152 e. The number of aromatic amines is 1. The maximum atomic E-state index is 9.41. The Hall–Kier alpha value is -2.30. The molecule has 2 aromatic heterocycles. The number of hydrogen-bond donors (Lipinski definition) is 3. The molecular formula is C10H8N4O. The molecule has 5 nitrogen and oxygen atoms in total. The van der Waals surface area contributed by atoms with Crippen LogP contribution in [0, 0.1) is 0 Å². The zero-order chi connectivity index (χ0) is 10.4. The predicted octanol–water partition coefficient (Wildman–Crippen LogP) is 1.40. The summed E-state index contributed by atoms with van der Waals surface area (Å²) in [6.45, 7) is 0. The first-order chi connectivity index (χ1) is 7.25. The smallest absolute Gasteiger partial charge is 0.152 e. The van der Waals surface area contributed by atoms with Gasteiger partial charge in [0.05, 0.1) is 5.52 Å². The van der Waals surface area contributed by atoms with E-state index in [4.69, 9.17) is 5.73 Å². The molecule has 0 bridgehead atoms. The molecule has 0 aliphatic rings. The fourth-order valence-electron chi connectivity index (χ4n) is 1.71. The summed E-state index contributed by atoms with van der Waals surface area (Å²) in [5.41, 5.74) is 7.13. The molecule has 0 amide bonds. The fourth-order valence-corrected chi connectivity index (χ4v) is 1.71.